The average molecular weight is 287 g/mol. The number of amides is 1. The van der Waals surface area contributed by atoms with Crippen molar-refractivity contribution in [1.82, 2.24) is 4.72 Å². The summed E-state index contributed by atoms with van der Waals surface area (Å²) in [6, 6.07) is 0. The molecule has 0 spiro atoms. The van der Waals surface area contributed by atoms with Gasteiger partial charge in [0.1, 0.15) is 0 Å². The summed E-state index contributed by atoms with van der Waals surface area (Å²) in [6.07, 6.45) is 8.04. The SMILES string of the molecule is CC(C)CC12CCC(C(=O)NS(C)(=O)=O)(CC1)CC2. The third kappa shape index (κ3) is 3.12. The Morgan fingerprint density at radius 2 is 1.58 bits per heavy atom. The molecule has 3 fully saturated rings. The quantitative estimate of drug-likeness (QED) is 0.864. The van der Waals surface area contributed by atoms with Crippen LogP contribution >= 0.6 is 0 Å². The number of fused-ring (bicyclic) bond motifs is 3. The zero-order valence-corrected chi connectivity index (χ0v) is 13.0. The summed E-state index contributed by atoms with van der Waals surface area (Å²) in [4.78, 5) is 12.2. The third-order valence-electron chi connectivity index (χ3n) is 5.00. The fraction of sp³-hybridized carbons (Fsp3) is 0.929. The van der Waals surface area contributed by atoms with E-state index in [4.69, 9.17) is 0 Å². The number of hydrogen-bond donors (Lipinski definition) is 1. The van der Waals surface area contributed by atoms with Crippen molar-refractivity contribution in [2.45, 2.75) is 58.8 Å². The van der Waals surface area contributed by atoms with Crippen LogP contribution in [0.15, 0.2) is 0 Å². The van der Waals surface area contributed by atoms with Gasteiger partial charge in [0.05, 0.1) is 11.7 Å². The molecule has 0 atom stereocenters. The highest BCUT2D eigenvalue weighted by molar-refractivity contribution is 7.89. The lowest BCUT2D eigenvalue weighted by molar-refractivity contribution is -0.139. The lowest BCUT2D eigenvalue weighted by atomic mass is 9.52. The van der Waals surface area contributed by atoms with Crippen molar-refractivity contribution in [3.05, 3.63) is 0 Å². The highest BCUT2D eigenvalue weighted by Crippen LogP contribution is 2.59. The van der Waals surface area contributed by atoms with Gasteiger partial charge < -0.3 is 0 Å². The van der Waals surface area contributed by atoms with Crippen molar-refractivity contribution in [2.24, 2.45) is 16.7 Å². The zero-order chi connectivity index (χ0) is 14.3. The largest absolute Gasteiger partial charge is 0.273 e. The van der Waals surface area contributed by atoms with E-state index >= 15 is 0 Å². The first-order valence-electron chi connectivity index (χ1n) is 7.19. The first kappa shape index (κ1) is 14.8. The Morgan fingerprint density at radius 1 is 1.11 bits per heavy atom. The van der Waals surface area contributed by atoms with Gasteiger partial charge in [0.2, 0.25) is 15.9 Å². The van der Waals surface area contributed by atoms with Gasteiger partial charge in [-0.2, -0.15) is 0 Å². The van der Waals surface area contributed by atoms with E-state index in [1.54, 1.807) is 0 Å². The maximum atomic E-state index is 12.2. The second kappa shape index (κ2) is 4.76. The molecular weight excluding hydrogens is 262 g/mol. The summed E-state index contributed by atoms with van der Waals surface area (Å²) in [5.74, 6) is 0.420. The predicted molar refractivity (Wildman–Crippen MR) is 75.0 cm³/mol. The van der Waals surface area contributed by atoms with Crippen LogP contribution in [0, 0.1) is 16.7 Å². The summed E-state index contributed by atoms with van der Waals surface area (Å²) >= 11 is 0. The molecule has 3 saturated carbocycles. The topological polar surface area (TPSA) is 63.2 Å². The van der Waals surface area contributed by atoms with E-state index in [-0.39, 0.29) is 5.91 Å². The van der Waals surface area contributed by atoms with Crippen LogP contribution in [-0.4, -0.2) is 20.6 Å². The maximum Gasteiger partial charge on any atom is 0.239 e. The summed E-state index contributed by atoms with van der Waals surface area (Å²) in [7, 11) is -3.44. The van der Waals surface area contributed by atoms with E-state index < -0.39 is 15.4 Å². The van der Waals surface area contributed by atoms with Crippen LogP contribution in [0.25, 0.3) is 0 Å². The maximum absolute atomic E-state index is 12.2. The monoisotopic (exact) mass is 287 g/mol. The van der Waals surface area contributed by atoms with Gasteiger partial charge in [0.15, 0.2) is 0 Å². The lowest BCUT2D eigenvalue weighted by Gasteiger charge is -2.53. The standard InChI is InChI=1S/C14H25NO3S/c1-11(2)10-13-4-7-14(8-5-13,9-6-13)12(16)15-19(3,17)18/h11H,4-10H2,1-3H3,(H,15,16). The van der Waals surface area contributed by atoms with Gasteiger partial charge >= 0.3 is 0 Å². The molecule has 3 aliphatic carbocycles. The Kier molecular flexibility index (Phi) is 3.71. The van der Waals surface area contributed by atoms with Crippen molar-refractivity contribution in [2.75, 3.05) is 6.26 Å². The van der Waals surface area contributed by atoms with Crippen molar-refractivity contribution >= 4 is 15.9 Å². The molecule has 19 heavy (non-hydrogen) atoms. The second-order valence-corrected chi connectivity index (χ2v) is 8.83. The fourth-order valence-electron chi connectivity index (χ4n) is 4.05. The summed E-state index contributed by atoms with van der Waals surface area (Å²) in [5, 5.41) is 0. The molecule has 0 aliphatic heterocycles. The van der Waals surface area contributed by atoms with Crippen molar-refractivity contribution in [3.63, 3.8) is 0 Å². The van der Waals surface area contributed by atoms with Crippen LogP contribution in [0.1, 0.15) is 58.8 Å². The van der Waals surface area contributed by atoms with Crippen molar-refractivity contribution in [1.29, 1.82) is 0 Å². The molecule has 0 radical (unpaired) electrons. The Labute approximate surface area is 116 Å². The molecule has 0 aromatic rings. The number of carbonyl (C=O) groups is 1. The molecule has 4 nitrogen and oxygen atoms in total. The van der Waals surface area contributed by atoms with E-state index in [2.05, 4.69) is 18.6 Å². The van der Waals surface area contributed by atoms with Gasteiger partial charge in [-0.1, -0.05) is 13.8 Å². The molecule has 0 aromatic heterocycles. The van der Waals surface area contributed by atoms with Gasteiger partial charge in [0.25, 0.3) is 0 Å². The molecule has 1 amide bonds. The molecule has 1 N–H and O–H groups in total. The van der Waals surface area contributed by atoms with Gasteiger partial charge in [-0.3, -0.25) is 9.52 Å². The first-order valence-corrected chi connectivity index (χ1v) is 9.08. The smallest absolute Gasteiger partial charge is 0.239 e. The van der Waals surface area contributed by atoms with Crippen LogP contribution in [-0.2, 0) is 14.8 Å². The van der Waals surface area contributed by atoms with Gasteiger partial charge in [-0.15, -0.1) is 0 Å². The molecule has 0 aromatic carbocycles. The minimum Gasteiger partial charge on any atom is -0.273 e. The van der Waals surface area contributed by atoms with Crippen LogP contribution in [0.2, 0.25) is 0 Å². The summed E-state index contributed by atoms with van der Waals surface area (Å²) in [6.45, 7) is 4.50. The van der Waals surface area contributed by atoms with E-state index in [0.29, 0.717) is 11.3 Å². The van der Waals surface area contributed by atoms with Gasteiger partial charge in [0, 0.05) is 0 Å². The number of hydrogen-bond acceptors (Lipinski definition) is 3. The molecule has 3 rings (SSSR count). The minimum atomic E-state index is -3.44. The average Bonchev–Trinajstić information content (AvgIpc) is 2.27. The van der Waals surface area contributed by atoms with Gasteiger partial charge in [-0.25, -0.2) is 8.42 Å². The normalized spacial score (nSPS) is 34.5. The third-order valence-corrected chi connectivity index (χ3v) is 5.56. The van der Waals surface area contributed by atoms with E-state index in [0.717, 1.165) is 44.8 Å². The number of rotatable bonds is 4. The molecular formula is C14H25NO3S. The molecule has 3 aliphatic rings. The zero-order valence-electron chi connectivity index (χ0n) is 12.2. The lowest BCUT2D eigenvalue weighted by Crippen LogP contribution is -2.51. The van der Waals surface area contributed by atoms with Crippen molar-refractivity contribution in [3.8, 4) is 0 Å². The van der Waals surface area contributed by atoms with E-state index in [1.807, 2.05) is 0 Å². The van der Waals surface area contributed by atoms with Crippen LogP contribution in [0.5, 0.6) is 0 Å². The second-order valence-electron chi connectivity index (χ2n) is 7.08. The first-order chi connectivity index (χ1) is 8.67. The Hall–Kier alpha value is -0.580. The van der Waals surface area contributed by atoms with E-state index in [9.17, 15) is 13.2 Å². The molecule has 0 heterocycles. The van der Waals surface area contributed by atoms with Crippen LogP contribution < -0.4 is 4.72 Å². The molecule has 0 unspecified atom stereocenters. The van der Waals surface area contributed by atoms with Gasteiger partial charge in [-0.05, 0) is 56.3 Å². The highest BCUT2D eigenvalue weighted by Gasteiger charge is 2.52. The van der Waals surface area contributed by atoms with Crippen molar-refractivity contribution < 1.29 is 13.2 Å². The molecule has 5 heteroatoms. The molecule has 2 bridgehead atoms. The summed E-state index contributed by atoms with van der Waals surface area (Å²) < 4.78 is 24.7. The highest BCUT2D eigenvalue weighted by atomic mass is 32.2. The van der Waals surface area contributed by atoms with Crippen LogP contribution in [0.4, 0.5) is 0 Å². The number of carbonyl (C=O) groups excluding carboxylic acids is 1. The number of sulfonamides is 1. The van der Waals surface area contributed by atoms with Crippen LogP contribution in [0.3, 0.4) is 0 Å². The minimum absolute atomic E-state index is 0.271. The fourth-order valence-corrected chi connectivity index (χ4v) is 4.61. The van der Waals surface area contributed by atoms with E-state index in [1.165, 1.54) is 6.42 Å². The Bertz CT molecular complexity index is 443. The Balaban J connectivity index is 2.06. The number of nitrogens with one attached hydrogen (secondary N) is 1. The predicted octanol–water partition coefficient (Wildman–Crippen LogP) is 2.45. The summed E-state index contributed by atoms with van der Waals surface area (Å²) in [5.41, 5.74) is 0.00307. The Morgan fingerprint density at radius 3 is 1.95 bits per heavy atom. The molecule has 0 saturated heterocycles. The molecule has 110 valence electrons.